The van der Waals surface area contributed by atoms with E-state index in [9.17, 15) is 10.2 Å². The van der Waals surface area contributed by atoms with Gasteiger partial charge in [0.25, 0.3) is 0 Å². The summed E-state index contributed by atoms with van der Waals surface area (Å²) in [7, 11) is 2.22. The number of hydrogen-bond acceptors (Lipinski definition) is 3. The molecule has 5 aliphatic heterocycles. The van der Waals surface area contributed by atoms with E-state index in [1.165, 1.54) is 17.7 Å². The molecule has 0 radical (unpaired) electrons. The molecule has 2 N–H and O–H groups in total. The fourth-order valence-corrected chi connectivity index (χ4v) is 9.03. The predicted octanol–water partition coefficient (Wildman–Crippen LogP) is 2.09. The van der Waals surface area contributed by atoms with Crippen LogP contribution in [0.4, 0.5) is 5.69 Å². The summed E-state index contributed by atoms with van der Waals surface area (Å²) in [4.78, 5) is 2.46. The highest BCUT2D eigenvalue weighted by molar-refractivity contribution is 5.66. The number of quaternary nitrogens is 1. The molecule has 140 valence electrons. The average Bonchev–Trinajstić information content (AvgIpc) is 3.04. The molecule has 0 amide bonds. The number of benzene rings is 1. The van der Waals surface area contributed by atoms with Crippen molar-refractivity contribution in [2.45, 2.75) is 69.0 Å². The third-order valence-electron chi connectivity index (χ3n) is 9.67. The Hall–Kier alpha value is -1.10. The molecule has 4 saturated heterocycles. The number of likely N-dealkylation sites (N-methyl/N-ethyl adjacent to an activating group) is 2. The Bertz CT molecular complexity index is 783. The molecule has 6 unspecified atom stereocenters. The molecule has 10 atom stereocenters. The lowest BCUT2D eigenvalue weighted by Gasteiger charge is -2.67. The molecular weight excluding hydrogens is 324 g/mol. The second kappa shape index (κ2) is 4.65. The zero-order valence-electron chi connectivity index (χ0n) is 16.0. The SMILES string of the molecule is CCC1[C@@H]2CC3C4N(C)c5ccccc5C45C[C@@H](C2[C@@H]5O)[N+]3(CC)[C@@H]1O. The minimum absolute atomic E-state index is 0.126. The summed E-state index contributed by atoms with van der Waals surface area (Å²) < 4.78 is 0.849. The molecule has 7 rings (SSSR count). The van der Waals surface area contributed by atoms with Crippen LogP contribution in [0.25, 0.3) is 0 Å². The molecule has 1 aromatic carbocycles. The van der Waals surface area contributed by atoms with Gasteiger partial charge >= 0.3 is 0 Å². The van der Waals surface area contributed by atoms with Gasteiger partial charge < -0.3 is 15.1 Å². The molecule has 1 saturated carbocycles. The van der Waals surface area contributed by atoms with Crippen LogP contribution in [0.3, 0.4) is 0 Å². The predicted molar refractivity (Wildman–Crippen MR) is 101 cm³/mol. The molecule has 4 heteroatoms. The monoisotopic (exact) mass is 355 g/mol. The number of rotatable bonds is 2. The summed E-state index contributed by atoms with van der Waals surface area (Å²) in [5, 5.41) is 23.4. The van der Waals surface area contributed by atoms with Crippen LogP contribution in [-0.2, 0) is 5.41 Å². The number of para-hydroxylation sites is 1. The maximum Gasteiger partial charge on any atom is 0.194 e. The van der Waals surface area contributed by atoms with Crippen molar-refractivity contribution in [1.29, 1.82) is 0 Å². The van der Waals surface area contributed by atoms with Gasteiger partial charge in [0, 0.05) is 37.4 Å². The normalized spacial score (nSPS) is 55.3. The van der Waals surface area contributed by atoms with Gasteiger partial charge in [-0.1, -0.05) is 25.1 Å². The number of fused-ring (bicyclic) bond motifs is 2. The summed E-state index contributed by atoms with van der Waals surface area (Å²) in [6, 6.07) is 9.93. The number of piperidine rings is 4. The van der Waals surface area contributed by atoms with Gasteiger partial charge in [-0.3, -0.25) is 4.48 Å². The molecule has 1 spiro atoms. The maximum absolute atomic E-state index is 11.8. The lowest BCUT2D eigenvalue weighted by atomic mass is 9.60. The molecule has 1 aromatic rings. The van der Waals surface area contributed by atoms with E-state index in [4.69, 9.17) is 0 Å². The van der Waals surface area contributed by atoms with Crippen molar-refractivity contribution >= 4 is 5.69 Å². The van der Waals surface area contributed by atoms with Crippen LogP contribution in [0.15, 0.2) is 24.3 Å². The van der Waals surface area contributed by atoms with Gasteiger partial charge in [-0.15, -0.1) is 0 Å². The van der Waals surface area contributed by atoms with Crippen LogP contribution >= 0.6 is 0 Å². The van der Waals surface area contributed by atoms with Crippen molar-refractivity contribution in [3.8, 4) is 0 Å². The summed E-state index contributed by atoms with van der Waals surface area (Å²) in [5.41, 5.74) is 2.55. The highest BCUT2D eigenvalue weighted by Crippen LogP contribution is 2.71. The van der Waals surface area contributed by atoms with Crippen LogP contribution in [0.1, 0.15) is 38.7 Å². The van der Waals surface area contributed by atoms with Crippen molar-refractivity contribution in [3.05, 3.63) is 29.8 Å². The smallest absolute Gasteiger partial charge is 0.194 e. The van der Waals surface area contributed by atoms with Gasteiger partial charge in [0.1, 0.15) is 6.04 Å². The van der Waals surface area contributed by atoms with Crippen molar-refractivity contribution in [1.82, 2.24) is 0 Å². The second-order valence-electron chi connectivity index (χ2n) is 9.67. The third-order valence-corrected chi connectivity index (χ3v) is 9.67. The highest BCUT2D eigenvalue weighted by Gasteiger charge is 2.82. The van der Waals surface area contributed by atoms with Gasteiger partial charge in [0.15, 0.2) is 6.23 Å². The Labute approximate surface area is 156 Å². The summed E-state index contributed by atoms with van der Waals surface area (Å²) in [5.74, 6) is 1.18. The lowest BCUT2D eigenvalue weighted by molar-refractivity contribution is -1.04. The molecule has 5 fully saturated rings. The standard InChI is InChI=1S/C22H31N2O2/c1-4-12-13-10-16-19-22(14-8-6-7-9-15(14)23(19)3)11-17(18(13)20(22)25)24(16,5-2)21(12)26/h6-9,12-13,16-21,25-26H,4-5,10-11H2,1-3H3/q+1/t12?,13-,16?,17-,18?,19?,20-,21+,22?,24?/m0/s1. The highest BCUT2D eigenvalue weighted by atomic mass is 16.3. The second-order valence-corrected chi connectivity index (χ2v) is 9.67. The van der Waals surface area contributed by atoms with Gasteiger partial charge in [-0.05, 0) is 30.9 Å². The summed E-state index contributed by atoms with van der Waals surface area (Å²) >= 11 is 0. The number of aliphatic hydroxyl groups excluding tert-OH is 2. The van der Waals surface area contributed by atoms with E-state index in [2.05, 4.69) is 50.1 Å². The Morgan fingerprint density at radius 1 is 1.19 bits per heavy atom. The van der Waals surface area contributed by atoms with Crippen LogP contribution in [0.5, 0.6) is 0 Å². The van der Waals surface area contributed by atoms with E-state index in [0.29, 0.717) is 35.9 Å². The molecule has 26 heavy (non-hydrogen) atoms. The Morgan fingerprint density at radius 2 is 1.96 bits per heavy atom. The van der Waals surface area contributed by atoms with Gasteiger partial charge in [0.05, 0.1) is 30.1 Å². The van der Waals surface area contributed by atoms with E-state index in [1.807, 2.05) is 0 Å². The van der Waals surface area contributed by atoms with Crippen molar-refractivity contribution < 1.29 is 14.7 Å². The quantitative estimate of drug-likeness (QED) is 0.799. The van der Waals surface area contributed by atoms with Crippen molar-refractivity contribution in [3.63, 3.8) is 0 Å². The van der Waals surface area contributed by atoms with Crippen LogP contribution in [0.2, 0.25) is 0 Å². The van der Waals surface area contributed by atoms with E-state index in [1.54, 1.807) is 0 Å². The Kier molecular flexibility index (Phi) is 2.85. The van der Waals surface area contributed by atoms with E-state index < -0.39 is 0 Å². The van der Waals surface area contributed by atoms with Gasteiger partial charge in [-0.25, -0.2) is 0 Å². The average molecular weight is 356 g/mol. The third kappa shape index (κ3) is 1.30. The van der Waals surface area contributed by atoms with E-state index in [-0.39, 0.29) is 17.7 Å². The fourth-order valence-electron chi connectivity index (χ4n) is 9.03. The fraction of sp³-hybridized carbons (Fsp3) is 0.727. The molecule has 1 aliphatic carbocycles. The Morgan fingerprint density at radius 3 is 2.69 bits per heavy atom. The van der Waals surface area contributed by atoms with Crippen molar-refractivity contribution in [2.24, 2.45) is 17.8 Å². The largest absolute Gasteiger partial charge is 0.392 e. The first-order valence-corrected chi connectivity index (χ1v) is 10.6. The number of nitrogens with zero attached hydrogens (tertiary/aromatic N) is 2. The van der Waals surface area contributed by atoms with Gasteiger partial charge in [-0.2, -0.15) is 0 Å². The maximum atomic E-state index is 11.8. The number of aliphatic hydroxyl groups is 2. The topological polar surface area (TPSA) is 43.7 Å². The Balaban J connectivity index is 1.63. The van der Waals surface area contributed by atoms with Gasteiger partial charge in [0.2, 0.25) is 0 Å². The molecule has 4 nitrogen and oxygen atoms in total. The van der Waals surface area contributed by atoms with Crippen LogP contribution in [0, 0.1) is 17.8 Å². The molecular formula is C22H31N2O2+. The minimum Gasteiger partial charge on any atom is -0.392 e. The summed E-state index contributed by atoms with van der Waals surface area (Å²) in [6.45, 7) is 5.48. The summed E-state index contributed by atoms with van der Waals surface area (Å²) in [6.07, 6.45) is 2.71. The lowest BCUT2D eigenvalue weighted by Crippen LogP contribution is -2.82. The zero-order valence-corrected chi connectivity index (χ0v) is 16.0. The van der Waals surface area contributed by atoms with Crippen molar-refractivity contribution in [2.75, 3.05) is 18.5 Å². The van der Waals surface area contributed by atoms with Crippen LogP contribution in [-0.4, -0.2) is 58.7 Å². The van der Waals surface area contributed by atoms with E-state index >= 15 is 0 Å². The first-order chi connectivity index (χ1) is 12.5. The molecule has 0 aromatic heterocycles. The first-order valence-electron chi connectivity index (χ1n) is 10.6. The number of hydrogen-bond donors (Lipinski definition) is 2. The molecule has 5 bridgehead atoms. The zero-order chi connectivity index (χ0) is 18.0. The van der Waals surface area contributed by atoms with Crippen LogP contribution < -0.4 is 4.90 Å². The van der Waals surface area contributed by atoms with E-state index in [0.717, 1.165) is 23.9 Å². The minimum atomic E-state index is -0.272. The molecule has 6 aliphatic rings. The number of anilines is 1. The first kappa shape index (κ1) is 15.9. The molecule has 5 heterocycles.